The van der Waals surface area contributed by atoms with Gasteiger partial charge in [-0.25, -0.2) is 0 Å². The highest BCUT2D eigenvalue weighted by Crippen LogP contribution is 2.36. The Labute approximate surface area is 173 Å². The van der Waals surface area contributed by atoms with Gasteiger partial charge >= 0.3 is 0 Å². The van der Waals surface area contributed by atoms with Crippen LogP contribution in [0.3, 0.4) is 0 Å². The van der Waals surface area contributed by atoms with Crippen LogP contribution in [0, 0.1) is 19.3 Å². The molecule has 4 rings (SSSR count). The van der Waals surface area contributed by atoms with E-state index in [0.29, 0.717) is 5.41 Å². The molecular weight excluding hydrogens is 372 g/mol. The van der Waals surface area contributed by atoms with Gasteiger partial charge in [0, 0.05) is 48.4 Å². The summed E-state index contributed by atoms with van der Waals surface area (Å²) >= 11 is 0. The van der Waals surface area contributed by atoms with Crippen LogP contribution < -0.4 is 5.32 Å². The highest BCUT2D eigenvalue weighted by Gasteiger charge is 2.39. The molecule has 1 unspecified atom stereocenters. The average molecular weight is 403 g/mol. The Kier molecular flexibility index (Phi) is 6.15. The average Bonchev–Trinajstić information content (AvgIpc) is 3.24. The number of likely N-dealkylation sites (tertiary alicyclic amines) is 1. The molecule has 1 amide bonds. The fraction of sp³-hybridized carbons (Fsp3) is 0.545. The first-order valence-electron chi connectivity index (χ1n) is 10.2. The van der Waals surface area contributed by atoms with Gasteiger partial charge in [0.25, 0.3) is 5.91 Å². The molecule has 1 atom stereocenters. The number of piperidine rings is 1. The van der Waals surface area contributed by atoms with Gasteiger partial charge in [-0.05, 0) is 64.3 Å². The summed E-state index contributed by atoms with van der Waals surface area (Å²) in [5.41, 5.74) is 5.51. The smallest absolute Gasteiger partial charge is 0.253 e. The number of hydrogen-bond donors (Lipinski definition) is 1. The van der Waals surface area contributed by atoms with E-state index in [-0.39, 0.29) is 18.3 Å². The molecule has 0 bridgehead atoms. The molecule has 5 nitrogen and oxygen atoms in total. The Morgan fingerprint density at radius 2 is 2.11 bits per heavy atom. The highest BCUT2D eigenvalue weighted by molar-refractivity contribution is 5.95. The van der Waals surface area contributed by atoms with Crippen LogP contribution in [0.2, 0.25) is 0 Å². The molecule has 6 heteroatoms. The number of rotatable bonds is 3. The molecule has 1 aromatic heterocycles. The normalized spacial score (nSPS) is 21.8. The highest BCUT2D eigenvalue weighted by atomic mass is 35.5. The van der Waals surface area contributed by atoms with E-state index in [1.54, 1.807) is 0 Å². The molecular formula is C22H31ClN4O. The lowest BCUT2D eigenvalue weighted by molar-refractivity contribution is 0.0553. The summed E-state index contributed by atoms with van der Waals surface area (Å²) in [5.74, 6) is 0.168. The molecule has 1 N–H and O–H groups in total. The Balaban J connectivity index is 0.00000225. The minimum absolute atomic E-state index is 0. The molecule has 2 aliphatic heterocycles. The van der Waals surface area contributed by atoms with E-state index < -0.39 is 0 Å². The Hall–Kier alpha value is -1.85. The number of hydrogen-bond acceptors (Lipinski definition) is 3. The van der Waals surface area contributed by atoms with Gasteiger partial charge in [-0.2, -0.15) is 5.10 Å². The van der Waals surface area contributed by atoms with Gasteiger partial charge in [0.1, 0.15) is 0 Å². The van der Waals surface area contributed by atoms with Crippen molar-refractivity contribution in [2.24, 2.45) is 5.41 Å². The van der Waals surface area contributed by atoms with Crippen molar-refractivity contribution < 1.29 is 4.79 Å². The maximum atomic E-state index is 13.2. The van der Waals surface area contributed by atoms with E-state index in [0.717, 1.165) is 67.2 Å². The van der Waals surface area contributed by atoms with E-state index in [9.17, 15) is 4.79 Å². The third kappa shape index (κ3) is 3.70. The van der Waals surface area contributed by atoms with Crippen molar-refractivity contribution in [2.45, 2.75) is 46.6 Å². The molecule has 0 aliphatic carbocycles. The molecule has 0 radical (unpaired) electrons. The Bertz CT molecular complexity index is 854. The maximum Gasteiger partial charge on any atom is 0.253 e. The molecule has 152 valence electrons. The molecule has 1 aromatic carbocycles. The third-order valence-corrected chi connectivity index (χ3v) is 6.36. The van der Waals surface area contributed by atoms with Crippen molar-refractivity contribution in [3.8, 4) is 11.1 Å². The summed E-state index contributed by atoms with van der Waals surface area (Å²) in [5, 5.41) is 8.12. The van der Waals surface area contributed by atoms with Gasteiger partial charge < -0.3 is 10.2 Å². The lowest BCUT2D eigenvalue weighted by Crippen LogP contribution is -2.47. The van der Waals surface area contributed by atoms with Crippen molar-refractivity contribution in [3.63, 3.8) is 0 Å². The van der Waals surface area contributed by atoms with Gasteiger partial charge in [-0.1, -0.05) is 12.1 Å². The minimum atomic E-state index is 0. The summed E-state index contributed by atoms with van der Waals surface area (Å²) in [6.07, 6.45) is 3.53. The van der Waals surface area contributed by atoms with Crippen molar-refractivity contribution in [1.82, 2.24) is 20.0 Å². The summed E-state index contributed by atoms with van der Waals surface area (Å²) < 4.78 is 2.03. The van der Waals surface area contributed by atoms with Crippen LogP contribution in [0.25, 0.3) is 11.1 Å². The number of halogens is 1. The SMILES string of the molecule is CCn1nc(C)c(-c2cccc(C(=O)N3CCCC4(CCNC4)C3)c2)c1C.Cl. The number of benzene rings is 1. The summed E-state index contributed by atoms with van der Waals surface area (Å²) in [4.78, 5) is 15.3. The van der Waals surface area contributed by atoms with Crippen LogP contribution in [-0.2, 0) is 6.54 Å². The van der Waals surface area contributed by atoms with Crippen LogP contribution in [0.1, 0.15) is 47.9 Å². The molecule has 2 saturated heterocycles. The van der Waals surface area contributed by atoms with Gasteiger partial charge in [0.05, 0.1) is 5.69 Å². The number of nitrogens with one attached hydrogen (secondary N) is 1. The van der Waals surface area contributed by atoms with E-state index >= 15 is 0 Å². The molecule has 0 saturated carbocycles. The minimum Gasteiger partial charge on any atom is -0.338 e. The fourth-order valence-electron chi connectivity index (χ4n) is 4.94. The quantitative estimate of drug-likeness (QED) is 0.848. The number of carbonyl (C=O) groups excluding carboxylic acids is 1. The second-order valence-corrected chi connectivity index (χ2v) is 8.20. The lowest BCUT2D eigenvalue weighted by Gasteiger charge is -2.40. The van der Waals surface area contributed by atoms with Gasteiger partial charge in [0.15, 0.2) is 0 Å². The van der Waals surface area contributed by atoms with E-state index in [1.807, 2.05) is 29.8 Å². The van der Waals surface area contributed by atoms with Gasteiger partial charge in [-0.3, -0.25) is 9.48 Å². The predicted molar refractivity (Wildman–Crippen MR) is 115 cm³/mol. The molecule has 2 aliphatic rings. The molecule has 2 fully saturated rings. The van der Waals surface area contributed by atoms with E-state index in [2.05, 4.69) is 35.2 Å². The third-order valence-electron chi connectivity index (χ3n) is 6.36. The maximum absolute atomic E-state index is 13.2. The van der Waals surface area contributed by atoms with Crippen molar-refractivity contribution in [1.29, 1.82) is 0 Å². The van der Waals surface area contributed by atoms with Crippen molar-refractivity contribution in [2.75, 3.05) is 26.2 Å². The summed E-state index contributed by atoms with van der Waals surface area (Å²) in [7, 11) is 0. The van der Waals surface area contributed by atoms with Crippen LogP contribution in [0.5, 0.6) is 0 Å². The number of nitrogens with zero attached hydrogens (tertiary/aromatic N) is 3. The fourth-order valence-corrected chi connectivity index (χ4v) is 4.94. The zero-order valence-electron chi connectivity index (χ0n) is 17.1. The van der Waals surface area contributed by atoms with Gasteiger partial charge in [0.2, 0.25) is 0 Å². The van der Waals surface area contributed by atoms with E-state index in [4.69, 9.17) is 0 Å². The summed E-state index contributed by atoms with van der Waals surface area (Å²) in [6, 6.07) is 8.09. The molecule has 2 aromatic rings. The first-order valence-corrected chi connectivity index (χ1v) is 10.2. The first-order chi connectivity index (χ1) is 13.0. The van der Waals surface area contributed by atoms with E-state index in [1.165, 1.54) is 12.8 Å². The monoisotopic (exact) mass is 402 g/mol. The molecule has 3 heterocycles. The molecule has 28 heavy (non-hydrogen) atoms. The van der Waals surface area contributed by atoms with Crippen molar-refractivity contribution >= 4 is 18.3 Å². The lowest BCUT2D eigenvalue weighted by atomic mass is 9.79. The predicted octanol–water partition coefficient (Wildman–Crippen LogP) is 3.82. The second-order valence-electron chi connectivity index (χ2n) is 8.20. The van der Waals surface area contributed by atoms with Crippen LogP contribution in [0.4, 0.5) is 0 Å². The number of aryl methyl sites for hydroxylation is 2. The number of carbonyl (C=O) groups is 1. The number of aromatic nitrogens is 2. The summed E-state index contributed by atoms with van der Waals surface area (Å²) in [6.45, 7) is 11.0. The van der Waals surface area contributed by atoms with Crippen LogP contribution in [0.15, 0.2) is 24.3 Å². The largest absolute Gasteiger partial charge is 0.338 e. The van der Waals surface area contributed by atoms with Crippen LogP contribution >= 0.6 is 12.4 Å². The Morgan fingerprint density at radius 3 is 2.79 bits per heavy atom. The Morgan fingerprint density at radius 1 is 1.29 bits per heavy atom. The van der Waals surface area contributed by atoms with Gasteiger partial charge in [-0.15, -0.1) is 12.4 Å². The van der Waals surface area contributed by atoms with Crippen molar-refractivity contribution in [3.05, 3.63) is 41.2 Å². The standard InChI is InChI=1S/C22H30N4O.ClH/c1-4-26-17(3)20(16(2)24-26)18-7-5-8-19(13-18)21(27)25-12-6-9-22(15-25)10-11-23-14-22;/h5,7-8,13,23H,4,6,9-12,14-15H2,1-3H3;1H. The first kappa shape index (κ1) is 20.9. The topological polar surface area (TPSA) is 50.2 Å². The second kappa shape index (κ2) is 8.26. The zero-order valence-corrected chi connectivity index (χ0v) is 17.9. The number of amides is 1. The molecule has 1 spiro atoms. The zero-order chi connectivity index (χ0) is 19.0. The van der Waals surface area contributed by atoms with Crippen LogP contribution in [-0.4, -0.2) is 46.8 Å².